The molecule has 1 aromatic carbocycles. The minimum absolute atomic E-state index is 1.08. The van der Waals surface area contributed by atoms with Crippen LogP contribution in [-0.2, 0) is 13.5 Å². The van der Waals surface area contributed by atoms with Crippen LogP contribution in [0.25, 0.3) is 20.2 Å². The zero-order chi connectivity index (χ0) is 12.9. The van der Waals surface area contributed by atoms with Crippen LogP contribution < -0.4 is 4.57 Å². The van der Waals surface area contributed by atoms with Gasteiger partial charge in [-0.05, 0) is 25.0 Å². The third-order valence-corrected chi connectivity index (χ3v) is 5.29. The number of benzene rings is 1. The number of aryl methyl sites for hydroxylation is 4. The van der Waals surface area contributed by atoms with Crippen molar-refractivity contribution in [2.24, 2.45) is 7.05 Å². The SMILES string of the molecule is CCc1c2sc3c(C)c(C)ccc3c2cc[n+]1C. The zero-order valence-corrected chi connectivity index (χ0v) is 12.2. The number of rotatable bonds is 1. The van der Waals surface area contributed by atoms with Crippen LogP contribution in [-0.4, -0.2) is 0 Å². The minimum Gasteiger partial charge on any atom is -0.204 e. The molecule has 92 valence electrons. The number of aromatic nitrogens is 1. The summed E-state index contributed by atoms with van der Waals surface area (Å²) in [5.41, 5.74) is 4.25. The van der Waals surface area contributed by atoms with Crippen molar-refractivity contribution in [3.8, 4) is 0 Å². The van der Waals surface area contributed by atoms with Gasteiger partial charge in [0.05, 0.1) is 0 Å². The average Bonchev–Trinajstić information content (AvgIpc) is 2.73. The molecule has 0 atom stereocenters. The average molecular weight is 256 g/mol. The van der Waals surface area contributed by atoms with Gasteiger partial charge in [-0.15, -0.1) is 11.3 Å². The standard InChI is InChI=1S/C16H18NS/c1-5-14-16-13(8-9-17(14)4)12-7-6-10(2)11(3)15(12)18-16/h6-9H,5H2,1-4H3/q+1. The van der Waals surface area contributed by atoms with Gasteiger partial charge in [0.25, 0.3) is 0 Å². The van der Waals surface area contributed by atoms with Gasteiger partial charge < -0.3 is 0 Å². The van der Waals surface area contributed by atoms with Crippen molar-refractivity contribution in [2.45, 2.75) is 27.2 Å². The van der Waals surface area contributed by atoms with E-state index in [-0.39, 0.29) is 0 Å². The van der Waals surface area contributed by atoms with E-state index in [1.165, 1.54) is 37.0 Å². The second-order valence-corrected chi connectivity index (χ2v) is 5.98. The van der Waals surface area contributed by atoms with Crippen molar-refractivity contribution >= 4 is 31.5 Å². The highest BCUT2D eigenvalue weighted by molar-refractivity contribution is 7.26. The summed E-state index contributed by atoms with van der Waals surface area (Å²) in [7, 11) is 2.14. The molecule has 0 bridgehead atoms. The molecule has 2 aromatic heterocycles. The van der Waals surface area contributed by atoms with Crippen LogP contribution in [0, 0.1) is 13.8 Å². The Morgan fingerprint density at radius 1 is 1.06 bits per heavy atom. The fourth-order valence-corrected chi connectivity index (χ4v) is 4.14. The fourth-order valence-electron chi connectivity index (χ4n) is 2.64. The summed E-state index contributed by atoms with van der Waals surface area (Å²) in [6.45, 7) is 6.66. The van der Waals surface area contributed by atoms with Gasteiger partial charge in [-0.2, -0.15) is 0 Å². The molecule has 0 fully saturated rings. The lowest BCUT2D eigenvalue weighted by atomic mass is 10.1. The van der Waals surface area contributed by atoms with Gasteiger partial charge in [0.2, 0.25) is 0 Å². The molecule has 2 heteroatoms. The highest BCUT2D eigenvalue weighted by Crippen LogP contribution is 2.37. The van der Waals surface area contributed by atoms with Gasteiger partial charge in [-0.1, -0.05) is 19.1 Å². The first-order chi connectivity index (χ1) is 8.63. The van der Waals surface area contributed by atoms with Crippen molar-refractivity contribution in [3.05, 3.63) is 41.2 Å². The summed E-state index contributed by atoms with van der Waals surface area (Å²) in [5, 5.41) is 2.82. The molecule has 0 N–H and O–H groups in total. The van der Waals surface area contributed by atoms with Crippen LogP contribution in [0.15, 0.2) is 24.4 Å². The molecule has 18 heavy (non-hydrogen) atoms. The van der Waals surface area contributed by atoms with Gasteiger partial charge in [0.1, 0.15) is 11.7 Å². The van der Waals surface area contributed by atoms with E-state index in [1.807, 2.05) is 11.3 Å². The first kappa shape index (κ1) is 11.7. The highest BCUT2D eigenvalue weighted by Gasteiger charge is 2.16. The van der Waals surface area contributed by atoms with E-state index < -0.39 is 0 Å². The second-order valence-electron chi connectivity index (χ2n) is 4.96. The predicted octanol–water partition coefficient (Wildman–Crippen LogP) is 4.06. The Hall–Kier alpha value is -1.41. The maximum Gasteiger partial charge on any atom is 0.198 e. The Bertz CT molecular complexity index is 753. The summed E-state index contributed by atoms with van der Waals surface area (Å²) < 4.78 is 5.15. The first-order valence-corrected chi connectivity index (χ1v) is 7.25. The first-order valence-electron chi connectivity index (χ1n) is 6.43. The number of hydrogen-bond acceptors (Lipinski definition) is 1. The smallest absolute Gasteiger partial charge is 0.198 e. The maximum absolute atomic E-state index is 2.27. The van der Waals surface area contributed by atoms with Crippen LogP contribution in [0.2, 0.25) is 0 Å². The van der Waals surface area contributed by atoms with Crippen molar-refractivity contribution < 1.29 is 4.57 Å². The molecule has 1 nitrogen and oxygen atoms in total. The van der Waals surface area contributed by atoms with Gasteiger partial charge >= 0.3 is 0 Å². The summed E-state index contributed by atoms with van der Waals surface area (Å²) in [4.78, 5) is 0. The normalized spacial score (nSPS) is 11.6. The molecule has 0 spiro atoms. The molecule has 0 aliphatic heterocycles. The molecule has 3 rings (SSSR count). The van der Waals surface area contributed by atoms with E-state index in [4.69, 9.17) is 0 Å². The Morgan fingerprint density at radius 2 is 1.78 bits per heavy atom. The molecule has 2 heterocycles. The molecule has 3 aromatic rings. The van der Waals surface area contributed by atoms with Gasteiger partial charge in [0, 0.05) is 28.0 Å². The molecule has 0 saturated carbocycles. The Balaban J connectivity index is 2.54. The van der Waals surface area contributed by atoms with Gasteiger partial charge in [-0.3, -0.25) is 0 Å². The summed E-state index contributed by atoms with van der Waals surface area (Å²) in [6, 6.07) is 6.76. The Kier molecular flexibility index (Phi) is 2.63. The van der Waals surface area contributed by atoms with Crippen LogP contribution in [0.5, 0.6) is 0 Å². The molecule has 0 unspecified atom stereocenters. The zero-order valence-electron chi connectivity index (χ0n) is 11.4. The monoisotopic (exact) mass is 256 g/mol. The van der Waals surface area contributed by atoms with Crippen molar-refractivity contribution in [2.75, 3.05) is 0 Å². The molecule has 0 saturated heterocycles. The Labute approximate surface area is 112 Å². The number of hydrogen-bond donors (Lipinski definition) is 0. The van der Waals surface area contributed by atoms with Crippen LogP contribution >= 0.6 is 11.3 Å². The summed E-state index contributed by atoms with van der Waals surface area (Å²) in [6.07, 6.45) is 3.27. The lowest BCUT2D eigenvalue weighted by Crippen LogP contribution is -2.32. The molecule has 0 aliphatic rings. The van der Waals surface area contributed by atoms with Crippen molar-refractivity contribution in [1.29, 1.82) is 0 Å². The number of fused-ring (bicyclic) bond motifs is 3. The number of thiophene rings is 1. The molecule has 0 radical (unpaired) electrons. The van der Waals surface area contributed by atoms with E-state index in [0.717, 1.165) is 6.42 Å². The van der Waals surface area contributed by atoms with Crippen LogP contribution in [0.4, 0.5) is 0 Å². The lowest BCUT2D eigenvalue weighted by molar-refractivity contribution is -0.677. The topological polar surface area (TPSA) is 3.88 Å². The third-order valence-electron chi connectivity index (χ3n) is 3.90. The minimum atomic E-state index is 1.08. The van der Waals surface area contributed by atoms with Crippen LogP contribution in [0.3, 0.4) is 0 Å². The van der Waals surface area contributed by atoms with E-state index >= 15 is 0 Å². The maximum atomic E-state index is 2.27. The van der Waals surface area contributed by atoms with E-state index in [9.17, 15) is 0 Å². The van der Waals surface area contributed by atoms with E-state index in [0.29, 0.717) is 0 Å². The van der Waals surface area contributed by atoms with Crippen molar-refractivity contribution in [3.63, 3.8) is 0 Å². The summed E-state index contributed by atoms with van der Waals surface area (Å²) in [5.74, 6) is 0. The second kappa shape index (κ2) is 4.06. The molecule has 0 aliphatic carbocycles. The quantitative estimate of drug-likeness (QED) is 0.578. The Morgan fingerprint density at radius 3 is 2.50 bits per heavy atom. The molecule has 0 amide bonds. The van der Waals surface area contributed by atoms with Gasteiger partial charge in [-0.25, -0.2) is 4.57 Å². The highest BCUT2D eigenvalue weighted by atomic mass is 32.1. The fraction of sp³-hybridized carbons (Fsp3) is 0.312. The number of nitrogens with zero attached hydrogens (tertiary/aromatic N) is 1. The van der Waals surface area contributed by atoms with Crippen LogP contribution in [0.1, 0.15) is 23.7 Å². The van der Waals surface area contributed by atoms with E-state index in [1.54, 1.807) is 0 Å². The lowest BCUT2D eigenvalue weighted by Gasteiger charge is -2.00. The molecular weight excluding hydrogens is 238 g/mol. The predicted molar refractivity (Wildman–Crippen MR) is 79.4 cm³/mol. The van der Waals surface area contributed by atoms with Crippen molar-refractivity contribution in [1.82, 2.24) is 0 Å². The summed E-state index contributed by atoms with van der Waals surface area (Å²) >= 11 is 1.95. The molecular formula is C16H18NS+. The third kappa shape index (κ3) is 1.49. The number of pyridine rings is 1. The van der Waals surface area contributed by atoms with Gasteiger partial charge in [0.15, 0.2) is 11.9 Å². The largest absolute Gasteiger partial charge is 0.204 e. The van der Waals surface area contributed by atoms with E-state index in [2.05, 4.69) is 56.8 Å².